The van der Waals surface area contributed by atoms with Crippen LogP contribution in [0.4, 0.5) is 5.13 Å². The molecule has 0 N–H and O–H groups in total. The monoisotopic (exact) mass is 449 g/mol. The minimum absolute atomic E-state index is 0.0952. The molecule has 0 saturated heterocycles. The van der Waals surface area contributed by atoms with Gasteiger partial charge < -0.3 is 4.90 Å². The van der Waals surface area contributed by atoms with Crippen molar-refractivity contribution in [2.75, 3.05) is 32.1 Å². The van der Waals surface area contributed by atoms with Crippen LogP contribution in [0, 0.1) is 6.92 Å². The quantitative estimate of drug-likeness (QED) is 0.542. The molecule has 0 aliphatic carbocycles. The summed E-state index contributed by atoms with van der Waals surface area (Å²) in [7, 11) is 4.07. The number of fused-ring (bicyclic) bond motifs is 1. The van der Waals surface area contributed by atoms with Crippen LogP contribution in [0.25, 0.3) is 10.2 Å². The topological polar surface area (TPSA) is 54.3 Å². The van der Waals surface area contributed by atoms with Crippen molar-refractivity contribution >= 4 is 48.5 Å². The Morgan fingerprint density at radius 2 is 2.04 bits per heavy atom. The number of carbonyl (C=O) groups is 1. The Balaban J connectivity index is 1.94. The number of hydrogen-bond acceptors (Lipinski definition) is 5. The molecule has 1 aromatic carbocycles. The van der Waals surface area contributed by atoms with Gasteiger partial charge in [0.2, 0.25) is 0 Å². The zero-order chi connectivity index (χ0) is 19.6. The van der Waals surface area contributed by atoms with Crippen LogP contribution in [0.15, 0.2) is 28.7 Å². The first-order valence-corrected chi connectivity index (χ1v) is 10.6. The predicted molar refractivity (Wildman–Crippen MR) is 115 cm³/mol. The Labute approximate surface area is 171 Å². The average Bonchev–Trinajstić information content (AvgIpc) is 3.20. The molecule has 2 heterocycles. The van der Waals surface area contributed by atoms with E-state index in [1.165, 1.54) is 11.3 Å². The van der Waals surface area contributed by atoms with Gasteiger partial charge in [-0.2, -0.15) is 5.10 Å². The summed E-state index contributed by atoms with van der Waals surface area (Å²) in [6.07, 6.45) is 0.867. The molecule has 0 fully saturated rings. The highest BCUT2D eigenvalue weighted by Crippen LogP contribution is 2.31. The first-order valence-electron chi connectivity index (χ1n) is 8.96. The van der Waals surface area contributed by atoms with E-state index in [2.05, 4.69) is 25.9 Å². The molecule has 2 aromatic heterocycles. The number of rotatable bonds is 7. The number of nitrogens with zero attached hydrogens (tertiary/aromatic N) is 5. The fraction of sp³-hybridized carbons (Fsp3) is 0.421. The number of thiazole rings is 1. The minimum Gasteiger partial charge on any atom is -0.309 e. The summed E-state index contributed by atoms with van der Waals surface area (Å²) in [6, 6.07) is 7.83. The summed E-state index contributed by atoms with van der Waals surface area (Å²) < 4.78 is 3.91. The van der Waals surface area contributed by atoms with Crippen LogP contribution in [0.3, 0.4) is 0 Å². The minimum atomic E-state index is -0.0952. The second-order valence-corrected chi connectivity index (χ2v) is 8.63. The van der Waals surface area contributed by atoms with Crippen LogP contribution in [-0.2, 0) is 6.54 Å². The van der Waals surface area contributed by atoms with Gasteiger partial charge in [0.25, 0.3) is 5.91 Å². The summed E-state index contributed by atoms with van der Waals surface area (Å²) in [4.78, 5) is 21.8. The number of hydrogen-bond donors (Lipinski definition) is 0. The lowest BCUT2D eigenvalue weighted by atomic mass is 10.3. The van der Waals surface area contributed by atoms with Crippen LogP contribution in [0.5, 0.6) is 0 Å². The van der Waals surface area contributed by atoms with Crippen LogP contribution < -0.4 is 4.90 Å². The molecule has 3 aromatic rings. The molecule has 0 atom stereocenters. The zero-order valence-corrected chi connectivity index (χ0v) is 18.5. The van der Waals surface area contributed by atoms with Crippen molar-refractivity contribution in [1.29, 1.82) is 0 Å². The van der Waals surface area contributed by atoms with Gasteiger partial charge in [-0.25, -0.2) is 4.98 Å². The molecular weight excluding hydrogens is 426 g/mol. The highest BCUT2D eigenvalue weighted by molar-refractivity contribution is 9.10. The van der Waals surface area contributed by atoms with Crippen LogP contribution in [0.2, 0.25) is 0 Å². The van der Waals surface area contributed by atoms with Crippen molar-refractivity contribution in [1.82, 2.24) is 19.7 Å². The maximum atomic E-state index is 13.2. The molecule has 0 aliphatic rings. The SMILES string of the molecule is CCn1nc(C(=O)N(CCCN(C)C)c2nc3ccc(Br)cc3s2)cc1C. The van der Waals surface area contributed by atoms with E-state index in [-0.39, 0.29) is 5.91 Å². The van der Waals surface area contributed by atoms with Crippen molar-refractivity contribution in [3.05, 3.63) is 40.1 Å². The molecule has 0 radical (unpaired) electrons. The molecule has 0 aliphatic heterocycles. The first kappa shape index (κ1) is 20.0. The van der Waals surface area contributed by atoms with Crippen LogP contribution in [-0.4, -0.2) is 52.8 Å². The maximum Gasteiger partial charge on any atom is 0.280 e. The smallest absolute Gasteiger partial charge is 0.280 e. The third-order valence-electron chi connectivity index (χ3n) is 4.30. The summed E-state index contributed by atoms with van der Waals surface area (Å²) in [6.45, 7) is 6.25. The molecule has 0 saturated carbocycles. The molecule has 3 rings (SSSR count). The number of aromatic nitrogens is 3. The number of carbonyl (C=O) groups excluding carboxylic acids is 1. The molecule has 27 heavy (non-hydrogen) atoms. The third-order valence-corrected chi connectivity index (χ3v) is 5.84. The number of halogens is 1. The fourth-order valence-corrected chi connectivity index (χ4v) is 4.45. The number of anilines is 1. The third kappa shape index (κ3) is 4.56. The molecule has 0 spiro atoms. The molecule has 1 amide bonds. The first-order chi connectivity index (χ1) is 12.9. The lowest BCUT2D eigenvalue weighted by molar-refractivity contribution is 0.0980. The van der Waals surface area contributed by atoms with Gasteiger partial charge in [0.15, 0.2) is 10.8 Å². The Morgan fingerprint density at radius 1 is 1.26 bits per heavy atom. The van der Waals surface area contributed by atoms with Crippen LogP contribution in [0.1, 0.15) is 29.5 Å². The summed E-state index contributed by atoms with van der Waals surface area (Å²) >= 11 is 5.03. The number of amides is 1. The highest BCUT2D eigenvalue weighted by atomic mass is 79.9. The Bertz CT molecular complexity index is 949. The van der Waals surface area contributed by atoms with Gasteiger partial charge in [-0.15, -0.1) is 0 Å². The second kappa shape index (κ2) is 8.50. The van der Waals surface area contributed by atoms with E-state index < -0.39 is 0 Å². The number of aryl methyl sites for hydroxylation is 2. The van der Waals surface area contributed by atoms with E-state index in [9.17, 15) is 4.79 Å². The second-order valence-electron chi connectivity index (χ2n) is 6.71. The van der Waals surface area contributed by atoms with E-state index in [0.29, 0.717) is 12.2 Å². The van der Waals surface area contributed by atoms with Crippen molar-refractivity contribution in [3.63, 3.8) is 0 Å². The molecule has 8 heteroatoms. The van der Waals surface area contributed by atoms with Gasteiger partial charge in [0.05, 0.1) is 10.2 Å². The molecule has 0 bridgehead atoms. The highest BCUT2D eigenvalue weighted by Gasteiger charge is 2.24. The molecule has 144 valence electrons. The van der Waals surface area contributed by atoms with Crippen molar-refractivity contribution < 1.29 is 4.79 Å². The van der Waals surface area contributed by atoms with E-state index in [0.717, 1.165) is 45.0 Å². The fourth-order valence-electron chi connectivity index (χ4n) is 2.90. The van der Waals surface area contributed by atoms with Crippen LogP contribution >= 0.6 is 27.3 Å². The summed E-state index contributed by atoms with van der Waals surface area (Å²) in [5.41, 5.74) is 2.36. The van der Waals surface area contributed by atoms with E-state index in [1.54, 1.807) is 4.90 Å². The average molecular weight is 450 g/mol. The molecule has 0 unspecified atom stereocenters. The van der Waals surface area contributed by atoms with Gasteiger partial charge in [-0.05, 0) is 65.2 Å². The zero-order valence-electron chi connectivity index (χ0n) is 16.1. The lowest BCUT2D eigenvalue weighted by Gasteiger charge is -2.20. The van der Waals surface area contributed by atoms with Gasteiger partial charge in [-0.3, -0.25) is 14.4 Å². The number of benzene rings is 1. The summed E-state index contributed by atoms with van der Waals surface area (Å²) in [5.74, 6) is -0.0952. The standard InChI is InChI=1S/C19H24BrN5OS/c1-5-25-13(2)11-16(22-25)18(26)24(10-6-9-23(3)4)19-21-15-8-7-14(20)12-17(15)27-19/h7-8,11-12H,5-6,9-10H2,1-4H3. The Hall–Kier alpha value is -1.77. The van der Waals surface area contributed by atoms with E-state index in [4.69, 9.17) is 4.98 Å². The lowest BCUT2D eigenvalue weighted by Crippen LogP contribution is -2.33. The predicted octanol–water partition coefficient (Wildman–Crippen LogP) is 4.18. The Morgan fingerprint density at radius 3 is 2.70 bits per heavy atom. The molecular formula is C19H24BrN5OS. The van der Waals surface area contributed by atoms with Gasteiger partial charge in [0.1, 0.15) is 0 Å². The normalized spacial score (nSPS) is 11.5. The van der Waals surface area contributed by atoms with Gasteiger partial charge in [0, 0.05) is 23.3 Å². The van der Waals surface area contributed by atoms with Gasteiger partial charge in [-0.1, -0.05) is 27.3 Å². The largest absolute Gasteiger partial charge is 0.309 e. The Kier molecular flexibility index (Phi) is 6.29. The van der Waals surface area contributed by atoms with Crippen molar-refractivity contribution in [2.45, 2.75) is 26.8 Å². The van der Waals surface area contributed by atoms with Crippen molar-refractivity contribution in [3.8, 4) is 0 Å². The van der Waals surface area contributed by atoms with Crippen molar-refractivity contribution in [2.24, 2.45) is 0 Å². The summed E-state index contributed by atoms with van der Waals surface area (Å²) in [5, 5.41) is 5.19. The molecule has 6 nitrogen and oxygen atoms in total. The maximum absolute atomic E-state index is 13.2. The van der Waals surface area contributed by atoms with Gasteiger partial charge >= 0.3 is 0 Å². The van der Waals surface area contributed by atoms with E-state index in [1.807, 2.05) is 56.9 Å². The van der Waals surface area contributed by atoms with E-state index >= 15 is 0 Å².